The van der Waals surface area contributed by atoms with Gasteiger partial charge in [0.2, 0.25) is 17.6 Å². The molecule has 10 heteroatoms. The van der Waals surface area contributed by atoms with Gasteiger partial charge in [-0.05, 0) is 12.1 Å². The maximum Gasteiger partial charge on any atom is 0.237 e. The lowest BCUT2D eigenvalue weighted by atomic mass is 10.2. The van der Waals surface area contributed by atoms with Crippen molar-refractivity contribution in [1.82, 2.24) is 24.9 Å². The number of amides is 1. The predicted octanol–water partition coefficient (Wildman–Crippen LogP) is 1.82. The molecule has 3 heterocycles. The van der Waals surface area contributed by atoms with Crippen LogP contribution in [0.1, 0.15) is 31.5 Å². The number of hydrogen-bond donors (Lipinski definition) is 1. The maximum atomic E-state index is 11.4. The van der Waals surface area contributed by atoms with Crippen LogP contribution >= 0.6 is 11.8 Å². The Hall–Kier alpha value is -2.62. The highest BCUT2D eigenvalue weighted by atomic mass is 32.2. The van der Waals surface area contributed by atoms with Crippen LogP contribution in [0.4, 0.5) is 0 Å². The third-order valence-corrected chi connectivity index (χ3v) is 4.04. The smallest absolute Gasteiger partial charge is 0.237 e. The monoisotopic (exact) mass is 348 g/mol. The number of primary amides is 1. The lowest BCUT2D eigenvalue weighted by molar-refractivity contribution is -0.118. The van der Waals surface area contributed by atoms with E-state index in [0.29, 0.717) is 34.2 Å². The number of rotatable bonds is 7. The Morgan fingerprint density at radius 2 is 2.25 bits per heavy atom. The van der Waals surface area contributed by atoms with Crippen LogP contribution in [-0.2, 0) is 17.1 Å². The van der Waals surface area contributed by atoms with Gasteiger partial charge in [-0.25, -0.2) is 0 Å². The molecule has 0 bridgehead atoms. The fourth-order valence-electron chi connectivity index (χ4n) is 1.97. The summed E-state index contributed by atoms with van der Waals surface area (Å²) in [7, 11) is 0. The lowest BCUT2D eigenvalue weighted by Crippen LogP contribution is -2.19. The minimum atomic E-state index is -0.494. The molecule has 24 heavy (non-hydrogen) atoms. The van der Waals surface area contributed by atoms with Crippen LogP contribution in [0.3, 0.4) is 0 Å². The zero-order valence-corrected chi connectivity index (χ0v) is 14.0. The number of nitrogens with two attached hydrogens (primary N) is 1. The molecule has 2 N–H and O–H groups in total. The van der Waals surface area contributed by atoms with E-state index < -0.39 is 5.91 Å². The molecule has 3 aromatic rings. The van der Waals surface area contributed by atoms with E-state index in [1.54, 1.807) is 16.7 Å². The van der Waals surface area contributed by atoms with E-state index in [-0.39, 0.29) is 12.5 Å². The van der Waals surface area contributed by atoms with E-state index in [1.165, 1.54) is 18.0 Å². The standard InChI is InChI=1S/C14H16N6O3S/c1-8(2)13-16-11(19-23-13)7-24-14-18-17-12(9-4-3-5-22-9)20(14)6-10(15)21/h3-5,8H,6-7H2,1-2H3,(H2,15,21). The molecule has 9 nitrogen and oxygen atoms in total. The van der Waals surface area contributed by atoms with E-state index in [4.69, 9.17) is 14.7 Å². The normalized spacial score (nSPS) is 11.3. The van der Waals surface area contributed by atoms with Crippen molar-refractivity contribution in [2.24, 2.45) is 5.73 Å². The number of carbonyl (C=O) groups is 1. The second-order valence-electron chi connectivity index (χ2n) is 5.33. The highest BCUT2D eigenvalue weighted by Gasteiger charge is 2.19. The molecule has 0 aliphatic heterocycles. The van der Waals surface area contributed by atoms with Gasteiger partial charge in [-0.1, -0.05) is 30.8 Å². The summed E-state index contributed by atoms with van der Waals surface area (Å²) in [6.07, 6.45) is 1.53. The topological polar surface area (TPSA) is 126 Å². The van der Waals surface area contributed by atoms with Crippen LogP contribution in [0.2, 0.25) is 0 Å². The molecule has 0 unspecified atom stereocenters. The van der Waals surface area contributed by atoms with Gasteiger partial charge in [0.05, 0.1) is 12.0 Å². The molecule has 0 spiro atoms. The number of furan rings is 1. The molecule has 0 aliphatic carbocycles. The fraction of sp³-hybridized carbons (Fsp3) is 0.357. The molecule has 1 amide bonds. The summed E-state index contributed by atoms with van der Waals surface area (Å²) in [6.45, 7) is 3.90. The summed E-state index contributed by atoms with van der Waals surface area (Å²) in [5.74, 6) is 2.20. The average Bonchev–Trinajstić information content (AvgIpc) is 3.25. The molecule has 0 radical (unpaired) electrons. The summed E-state index contributed by atoms with van der Waals surface area (Å²) in [4.78, 5) is 15.7. The molecule has 126 valence electrons. The van der Waals surface area contributed by atoms with Crippen molar-refractivity contribution >= 4 is 17.7 Å². The summed E-state index contributed by atoms with van der Waals surface area (Å²) in [6, 6.07) is 3.47. The Bertz CT molecular complexity index is 824. The molecule has 0 atom stereocenters. The lowest BCUT2D eigenvalue weighted by Gasteiger charge is -2.05. The van der Waals surface area contributed by atoms with Crippen molar-refractivity contribution in [3.63, 3.8) is 0 Å². The quantitative estimate of drug-likeness (QED) is 0.641. The first-order valence-electron chi connectivity index (χ1n) is 7.25. The molecular formula is C14H16N6O3S. The molecule has 0 saturated heterocycles. The summed E-state index contributed by atoms with van der Waals surface area (Å²) >= 11 is 1.34. The van der Waals surface area contributed by atoms with E-state index in [2.05, 4.69) is 20.3 Å². The predicted molar refractivity (Wildman–Crippen MR) is 84.9 cm³/mol. The van der Waals surface area contributed by atoms with Gasteiger partial charge in [-0.2, -0.15) is 4.98 Å². The van der Waals surface area contributed by atoms with Gasteiger partial charge in [0.25, 0.3) is 0 Å². The van der Waals surface area contributed by atoms with Crippen LogP contribution in [-0.4, -0.2) is 30.8 Å². The largest absolute Gasteiger partial charge is 0.461 e. The number of aromatic nitrogens is 5. The Morgan fingerprint density at radius 3 is 2.88 bits per heavy atom. The van der Waals surface area contributed by atoms with Gasteiger partial charge in [-0.15, -0.1) is 10.2 Å². The van der Waals surface area contributed by atoms with Gasteiger partial charge in [-0.3, -0.25) is 9.36 Å². The van der Waals surface area contributed by atoms with Crippen molar-refractivity contribution in [2.45, 2.75) is 37.2 Å². The van der Waals surface area contributed by atoms with E-state index in [0.717, 1.165) is 0 Å². The zero-order valence-electron chi connectivity index (χ0n) is 13.2. The first-order valence-corrected chi connectivity index (χ1v) is 8.24. The Morgan fingerprint density at radius 1 is 1.42 bits per heavy atom. The van der Waals surface area contributed by atoms with Gasteiger partial charge in [0.15, 0.2) is 16.7 Å². The summed E-state index contributed by atoms with van der Waals surface area (Å²) in [5.41, 5.74) is 5.32. The second kappa shape index (κ2) is 6.87. The minimum absolute atomic E-state index is 0.0468. The number of thioether (sulfide) groups is 1. The van der Waals surface area contributed by atoms with Crippen molar-refractivity contribution in [3.8, 4) is 11.6 Å². The van der Waals surface area contributed by atoms with Gasteiger partial charge < -0.3 is 14.7 Å². The molecule has 3 aromatic heterocycles. The SMILES string of the molecule is CC(C)c1nc(CSc2nnc(-c3ccco3)n2CC(N)=O)no1. The molecular weight excluding hydrogens is 332 g/mol. The molecule has 0 aromatic carbocycles. The minimum Gasteiger partial charge on any atom is -0.461 e. The second-order valence-corrected chi connectivity index (χ2v) is 6.27. The van der Waals surface area contributed by atoms with E-state index in [9.17, 15) is 4.79 Å². The third-order valence-electron chi connectivity index (χ3n) is 3.08. The first-order chi connectivity index (χ1) is 11.5. The third kappa shape index (κ3) is 3.48. The van der Waals surface area contributed by atoms with Crippen molar-refractivity contribution in [3.05, 3.63) is 30.1 Å². The van der Waals surface area contributed by atoms with Crippen LogP contribution in [0.25, 0.3) is 11.6 Å². The van der Waals surface area contributed by atoms with Crippen LogP contribution in [0.15, 0.2) is 32.5 Å². The first kappa shape index (κ1) is 16.2. The average molecular weight is 348 g/mol. The van der Waals surface area contributed by atoms with Crippen LogP contribution in [0, 0.1) is 0 Å². The van der Waals surface area contributed by atoms with Gasteiger partial charge >= 0.3 is 0 Å². The number of hydrogen-bond acceptors (Lipinski definition) is 8. The van der Waals surface area contributed by atoms with Crippen molar-refractivity contribution in [1.29, 1.82) is 0 Å². The summed E-state index contributed by atoms with van der Waals surface area (Å²) in [5, 5.41) is 12.6. The number of nitrogens with zero attached hydrogens (tertiary/aromatic N) is 5. The van der Waals surface area contributed by atoms with Crippen LogP contribution < -0.4 is 5.73 Å². The van der Waals surface area contributed by atoms with Gasteiger partial charge in [0, 0.05) is 5.92 Å². The van der Waals surface area contributed by atoms with Gasteiger partial charge in [0.1, 0.15) is 6.54 Å². The molecule has 3 rings (SSSR count). The fourth-order valence-corrected chi connectivity index (χ4v) is 2.75. The number of carbonyl (C=O) groups excluding carboxylic acids is 1. The highest BCUT2D eigenvalue weighted by Crippen LogP contribution is 2.26. The van der Waals surface area contributed by atoms with E-state index in [1.807, 2.05) is 13.8 Å². The highest BCUT2D eigenvalue weighted by molar-refractivity contribution is 7.98. The molecule has 0 saturated carbocycles. The Kier molecular flexibility index (Phi) is 4.65. The Balaban J connectivity index is 1.80. The van der Waals surface area contributed by atoms with Crippen molar-refractivity contribution in [2.75, 3.05) is 0 Å². The Labute approximate surface area is 141 Å². The van der Waals surface area contributed by atoms with E-state index >= 15 is 0 Å². The summed E-state index contributed by atoms with van der Waals surface area (Å²) < 4.78 is 12.1. The molecule has 0 aliphatic rings. The molecule has 0 fully saturated rings. The van der Waals surface area contributed by atoms with Crippen LogP contribution in [0.5, 0.6) is 0 Å². The van der Waals surface area contributed by atoms with Crippen molar-refractivity contribution < 1.29 is 13.7 Å². The zero-order chi connectivity index (χ0) is 17.1. The maximum absolute atomic E-state index is 11.4.